The van der Waals surface area contributed by atoms with E-state index in [-0.39, 0.29) is 0 Å². The maximum absolute atomic E-state index is 11.1. The highest BCUT2D eigenvalue weighted by Crippen LogP contribution is 2.16. The van der Waals surface area contributed by atoms with E-state index in [1.54, 1.807) is 12.3 Å². The molecule has 0 aromatic carbocycles. The van der Waals surface area contributed by atoms with Gasteiger partial charge in [0.05, 0.1) is 0 Å². The molecule has 1 saturated heterocycles. The highest BCUT2D eigenvalue weighted by molar-refractivity contribution is 5.91. The summed E-state index contributed by atoms with van der Waals surface area (Å²) in [5.41, 5.74) is 6.59. The standard InChI is InChI=1S/C12H18N4O/c1-2-15-5-7-16(8-6-15)10-3-4-14-11(9-10)12(13)17/h3-4,9H,2,5-8H2,1H3,(H2,13,17). The van der Waals surface area contributed by atoms with E-state index in [0.29, 0.717) is 5.69 Å². The molecule has 1 amide bonds. The molecule has 5 nitrogen and oxygen atoms in total. The molecule has 0 spiro atoms. The number of nitrogens with zero attached hydrogens (tertiary/aromatic N) is 3. The molecule has 92 valence electrons. The summed E-state index contributed by atoms with van der Waals surface area (Å²) in [6.07, 6.45) is 1.64. The molecular weight excluding hydrogens is 216 g/mol. The minimum atomic E-state index is -0.473. The molecule has 0 radical (unpaired) electrons. The fraction of sp³-hybridized carbons (Fsp3) is 0.500. The molecule has 1 aromatic heterocycles. The molecule has 1 fully saturated rings. The zero-order valence-corrected chi connectivity index (χ0v) is 10.1. The first kappa shape index (κ1) is 11.9. The molecular formula is C12H18N4O. The van der Waals surface area contributed by atoms with E-state index < -0.39 is 5.91 Å². The molecule has 2 rings (SSSR count). The third kappa shape index (κ3) is 2.74. The van der Waals surface area contributed by atoms with Gasteiger partial charge in [-0.25, -0.2) is 0 Å². The molecule has 1 aromatic rings. The summed E-state index contributed by atoms with van der Waals surface area (Å²) in [6.45, 7) is 7.35. The maximum Gasteiger partial charge on any atom is 0.267 e. The fourth-order valence-corrected chi connectivity index (χ4v) is 2.07. The van der Waals surface area contributed by atoms with E-state index in [9.17, 15) is 4.79 Å². The number of likely N-dealkylation sites (N-methyl/N-ethyl adjacent to an activating group) is 1. The Morgan fingerprint density at radius 2 is 2.12 bits per heavy atom. The molecule has 5 heteroatoms. The first-order valence-corrected chi connectivity index (χ1v) is 5.94. The fourth-order valence-electron chi connectivity index (χ4n) is 2.07. The van der Waals surface area contributed by atoms with Gasteiger partial charge in [-0.3, -0.25) is 9.78 Å². The molecule has 2 heterocycles. The monoisotopic (exact) mass is 234 g/mol. The maximum atomic E-state index is 11.1. The number of carbonyl (C=O) groups is 1. The van der Waals surface area contributed by atoms with Gasteiger partial charge in [0.1, 0.15) is 5.69 Å². The Morgan fingerprint density at radius 1 is 1.41 bits per heavy atom. The summed E-state index contributed by atoms with van der Waals surface area (Å²) < 4.78 is 0. The normalized spacial score (nSPS) is 17.1. The Hall–Kier alpha value is -1.62. The predicted octanol–water partition coefficient (Wildman–Crippen LogP) is 0.322. The van der Waals surface area contributed by atoms with Crippen molar-refractivity contribution in [3.8, 4) is 0 Å². The van der Waals surface area contributed by atoms with Crippen LogP contribution in [0.2, 0.25) is 0 Å². The zero-order chi connectivity index (χ0) is 12.3. The number of primary amides is 1. The Morgan fingerprint density at radius 3 is 2.71 bits per heavy atom. The molecule has 0 aliphatic carbocycles. The molecule has 0 saturated carbocycles. The molecule has 2 N–H and O–H groups in total. The minimum absolute atomic E-state index is 0.334. The summed E-state index contributed by atoms with van der Waals surface area (Å²) in [5.74, 6) is -0.473. The van der Waals surface area contributed by atoms with Crippen LogP contribution in [0.1, 0.15) is 17.4 Å². The lowest BCUT2D eigenvalue weighted by molar-refractivity contribution is 0.0995. The molecule has 0 atom stereocenters. The molecule has 0 unspecified atom stereocenters. The van der Waals surface area contributed by atoms with E-state index in [4.69, 9.17) is 5.73 Å². The summed E-state index contributed by atoms with van der Waals surface area (Å²) in [7, 11) is 0. The highest BCUT2D eigenvalue weighted by Gasteiger charge is 2.16. The summed E-state index contributed by atoms with van der Waals surface area (Å²) >= 11 is 0. The number of pyridine rings is 1. The second kappa shape index (κ2) is 5.14. The SMILES string of the molecule is CCN1CCN(c2ccnc(C(N)=O)c2)CC1. The van der Waals surface area contributed by atoms with Gasteiger partial charge >= 0.3 is 0 Å². The van der Waals surface area contributed by atoms with Gasteiger partial charge in [0.25, 0.3) is 5.91 Å². The van der Waals surface area contributed by atoms with Gasteiger partial charge < -0.3 is 15.5 Å². The van der Waals surface area contributed by atoms with Crippen LogP contribution in [0.3, 0.4) is 0 Å². The van der Waals surface area contributed by atoms with Crippen molar-refractivity contribution >= 4 is 11.6 Å². The molecule has 1 aliphatic heterocycles. The summed E-state index contributed by atoms with van der Waals surface area (Å²) in [6, 6.07) is 3.69. The number of aromatic nitrogens is 1. The number of hydrogen-bond donors (Lipinski definition) is 1. The Bertz CT molecular complexity index is 399. The van der Waals surface area contributed by atoms with Gasteiger partial charge in [0.15, 0.2) is 0 Å². The van der Waals surface area contributed by atoms with Gasteiger partial charge in [0.2, 0.25) is 0 Å². The van der Waals surface area contributed by atoms with Crippen molar-refractivity contribution in [3.63, 3.8) is 0 Å². The average molecular weight is 234 g/mol. The van der Waals surface area contributed by atoms with Crippen molar-refractivity contribution in [3.05, 3.63) is 24.0 Å². The smallest absolute Gasteiger partial charge is 0.267 e. The number of nitrogens with two attached hydrogens (primary N) is 1. The van der Waals surface area contributed by atoms with Gasteiger partial charge in [-0.05, 0) is 18.7 Å². The average Bonchev–Trinajstić information content (AvgIpc) is 2.39. The molecule has 0 bridgehead atoms. The summed E-state index contributed by atoms with van der Waals surface area (Å²) in [5, 5.41) is 0. The Balaban J connectivity index is 2.08. The predicted molar refractivity (Wildman–Crippen MR) is 67.1 cm³/mol. The van der Waals surface area contributed by atoms with Crippen LogP contribution in [0.5, 0.6) is 0 Å². The van der Waals surface area contributed by atoms with Crippen molar-refractivity contribution < 1.29 is 4.79 Å². The van der Waals surface area contributed by atoms with Crippen LogP contribution in [0, 0.1) is 0 Å². The van der Waals surface area contributed by atoms with E-state index in [1.165, 1.54) is 0 Å². The molecule has 1 aliphatic rings. The van der Waals surface area contributed by atoms with Gasteiger partial charge in [-0.2, -0.15) is 0 Å². The number of anilines is 1. The third-order valence-electron chi connectivity index (χ3n) is 3.18. The second-order valence-electron chi connectivity index (χ2n) is 4.18. The van der Waals surface area contributed by atoms with E-state index in [0.717, 1.165) is 38.4 Å². The lowest BCUT2D eigenvalue weighted by Gasteiger charge is -2.35. The van der Waals surface area contributed by atoms with Crippen molar-refractivity contribution in [2.75, 3.05) is 37.6 Å². The number of hydrogen-bond acceptors (Lipinski definition) is 4. The van der Waals surface area contributed by atoms with Crippen LogP contribution < -0.4 is 10.6 Å². The van der Waals surface area contributed by atoms with E-state index in [2.05, 4.69) is 21.7 Å². The first-order chi connectivity index (χ1) is 8.20. The third-order valence-corrected chi connectivity index (χ3v) is 3.18. The van der Waals surface area contributed by atoms with Crippen molar-refractivity contribution in [1.82, 2.24) is 9.88 Å². The van der Waals surface area contributed by atoms with Crippen LogP contribution in [0.15, 0.2) is 18.3 Å². The van der Waals surface area contributed by atoms with Crippen LogP contribution in [-0.2, 0) is 0 Å². The highest BCUT2D eigenvalue weighted by atomic mass is 16.1. The quantitative estimate of drug-likeness (QED) is 0.818. The zero-order valence-electron chi connectivity index (χ0n) is 10.1. The second-order valence-corrected chi connectivity index (χ2v) is 4.18. The van der Waals surface area contributed by atoms with Crippen molar-refractivity contribution in [2.45, 2.75) is 6.92 Å². The number of carbonyl (C=O) groups excluding carboxylic acids is 1. The van der Waals surface area contributed by atoms with Crippen LogP contribution in [-0.4, -0.2) is 48.5 Å². The summed E-state index contributed by atoms with van der Waals surface area (Å²) in [4.78, 5) is 19.7. The Kier molecular flexibility index (Phi) is 3.58. The van der Waals surface area contributed by atoms with Crippen molar-refractivity contribution in [1.29, 1.82) is 0 Å². The van der Waals surface area contributed by atoms with E-state index in [1.807, 2.05) is 6.07 Å². The van der Waals surface area contributed by atoms with Gasteiger partial charge in [-0.1, -0.05) is 6.92 Å². The lowest BCUT2D eigenvalue weighted by Crippen LogP contribution is -2.46. The number of amides is 1. The number of piperazine rings is 1. The Labute approximate surface area is 101 Å². The van der Waals surface area contributed by atoms with Crippen LogP contribution in [0.25, 0.3) is 0 Å². The van der Waals surface area contributed by atoms with Crippen molar-refractivity contribution in [2.24, 2.45) is 5.73 Å². The first-order valence-electron chi connectivity index (χ1n) is 5.94. The van der Waals surface area contributed by atoms with Crippen LogP contribution in [0.4, 0.5) is 5.69 Å². The topological polar surface area (TPSA) is 62.5 Å². The lowest BCUT2D eigenvalue weighted by atomic mass is 10.2. The minimum Gasteiger partial charge on any atom is -0.369 e. The largest absolute Gasteiger partial charge is 0.369 e. The van der Waals surface area contributed by atoms with Gasteiger partial charge in [-0.15, -0.1) is 0 Å². The van der Waals surface area contributed by atoms with Crippen LogP contribution >= 0.6 is 0 Å². The molecule has 17 heavy (non-hydrogen) atoms. The number of rotatable bonds is 3. The van der Waals surface area contributed by atoms with E-state index >= 15 is 0 Å². The van der Waals surface area contributed by atoms with Gasteiger partial charge in [0, 0.05) is 38.1 Å².